The molecule has 1 heterocycles. The summed E-state index contributed by atoms with van der Waals surface area (Å²) in [5.41, 5.74) is 3.55. The van der Waals surface area contributed by atoms with Crippen molar-refractivity contribution in [2.45, 2.75) is 13.0 Å². The molecule has 0 atom stereocenters. The van der Waals surface area contributed by atoms with E-state index in [1.165, 1.54) is 0 Å². The van der Waals surface area contributed by atoms with Gasteiger partial charge in [-0.2, -0.15) is 5.26 Å². The fourth-order valence-electron chi connectivity index (χ4n) is 2.60. The second-order valence-corrected chi connectivity index (χ2v) is 4.92. The number of hydrogen-bond acceptors (Lipinski definition) is 3. The van der Waals surface area contributed by atoms with E-state index >= 15 is 0 Å². The number of ketones is 1. The molecule has 0 aromatic heterocycles. The molecule has 0 fully saturated rings. The van der Waals surface area contributed by atoms with Crippen LogP contribution in [0.4, 0.5) is 5.69 Å². The molecule has 0 saturated heterocycles. The monoisotopic (exact) mass is 262 g/mol. The molecule has 0 bridgehead atoms. The van der Waals surface area contributed by atoms with Gasteiger partial charge < -0.3 is 4.90 Å². The molecular formula is C17H14N2O. The van der Waals surface area contributed by atoms with Crippen molar-refractivity contribution >= 4 is 11.5 Å². The van der Waals surface area contributed by atoms with Crippen molar-refractivity contribution in [3.8, 4) is 6.07 Å². The maximum absolute atomic E-state index is 11.9. The highest BCUT2D eigenvalue weighted by atomic mass is 16.1. The Bertz CT molecular complexity index is 700. The van der Waals surface area contributed by atoms with Crippen LogP contribution < -0.4 is 4.90 Å². The van der Waals surface area contributed by atoms with Gasteiger partial charge in [0.05, 0.1) is 11.6 Å². The Morgan fingerprint density at radius 3 is 2.85 bits per heavy atom. The van der Waals surface area contributed by atoms with Crippen molar-refractivity contribution in [1.29, 1.82) is 5.26 Å². The molecule has 0 radical (unpaired) electrons. The number of anilines is 1. The first-order valence-corrected chi connectivity index (χ1v) is 6.64. The van der Waals surface area contributed by atoms with E-state index in [9.17, 15) is 4.79 Å². The van der Waals surface area contributed by atoms with Crippen LogP contribution in [0.2, 0.25) is 0 Å². The van der Waals surface area contributed by atoms with Crippen LogP contribution in [0.1, 0.15) is 27.9 Å². The van der Waals surface area contributed by atoms with Gasteiger partial charge in [-0.1, -0.05) is 24.3 Å². The molecule has 20 heavy (non-hydrogen) atoms. The van der Waals surface area contributed by atoms with Crippen molar-refractivity contribution in [2.75, 3.05) is 11.4 Å². The molecule has 3 nitrogen and oxygen atoms in total. The third-order valence-corrected chi connectivity index (χ3v) is 3.58. The van der Waals surface area contributed by atoms with Crippen molar-refractivity contribution in [2.24, 2.45) is 0 Å². The number of Topliss-reactive ketones (excluding diaryl/α,β-unsaturated/α-hetero) is 1. The molecule has 98 valence electrons. The second kappa shape index (κ2) is 5.18. The van der Waals surface area contributed by atoms with Crippen molar-refractivity contribution in [3.05, 3.63) is 65.2 Å². The summed E-state index contributed by atoms with van der Waals surface area (Å²) in [6.45, 7) is 1.45. The van der Waals surface area contributed by atoms with E-state index in [1.54, 1.807) is 6.07 Å². The third kappa shape index (κ3) is 2.28. The average molecular weight is 262 g/mol. The number of hydrogen-bond donors (Lipinski definition) is 0. The topological polar surface area (TPSA) is 44.1 Å². The summed E-state index contributed by atoms with van der Waals surface area (Å²) in [6.07, 6.45) is 0.551. The highest BCUT2D eigenvalue weighted by Crippen LogP contribution is 2.28. The van der Waals surface area contributed by atoms with Crippen LogP contribution in [0, 0.1) is 11.3 Å². The fourth-order valence-corrected chi connectivity index (χ4v) is 2.60. The number of nitrogens with zero attached hydrogens (tertiary/aromatic N) is 2. The van der Waals surface area contributed by atoms with Crippen LogP contribution in [0.5, 0.6) is 0 Å². The number of nitriles is 1. The Morgan fingerprint density at radius 2 is 2.00 bits per heavy atom. The molecule has 0 unspecified atom stereocenters. The lowest BCUT2D eigenvalue weighted by Crippen LogP contribution is -2.31. The van der Waals surface area contributed by atoms with Crippen LogP contribution in [0.25, 0.3) is 0 Å². The van der Waals surface area contributed by atoms with Crippen LogP contribution in [-0.2, 0) is 6.54 Å². The van der Waals surface area contributed by atoms with Gasteiger partial charge >= 0.3 is 0 Å². The van der Waals surface area contributed by atoms with Gasteiger partial charge in [-0.25, -0.2) is 0 Å². The Morgan fingerprint density at radius 1 is 1.15 bits per heavy atom. The first-order chi connectivity index (χ1) is 9.78. The molecule has 3 heteroatoms. The van der Waals surface area contributed by atoms with Crippen molar-refractivity contribution < 1.29 is 4.79 Å². The molecule has 0 aliphatic carbocycles. The van der Waals surface area contributed by atoms with Gasteiger partial charge in [0, 0.05) is 30.8 Å². The predicted octanol–water partition coefficient (Wildman–Crippen LogP) is 3.15. The Hall–Kier alpha value is -2.60. The average Bonchev–Trinajstić information content (AvgIpc) is 2.51. The summed E-state index contributed by atoms with van der Waals surface area (Å²) in [5.74, 6) is 0.211. The summed E-state index contributed by atoms with van der Waals surface area (Å²) in [4.78, 5) is 14.1. The smallest absolute Gasteiger partial charge is 0.166 e. The third-order valence-electron chi connectivity index (χ3n) is 3.58. The largest absolute Gasteiger partial charge is 0.366 e. The maximum atomic E-state index is 11.9. The SMILES string of the molecule is N#Cc1cccc(CN2CCC(=O)c3ccccc32)c1. The van der Waals surface area contributed by atoms with E-state index in [2.05, 4.69) is 11.0 Å². The predicted molar refractivity (Wildman–Crippen MR) is 77.6 cm³/mol. The van der Waals surface area contributed by atoms with Gasteiger partial charge in [0.15, 0.2) is 5.78 Å². The summed E-state index contributed by atoms with van der Waals surface area (Å²) >= 11 is 0. The summed E-state index contributed by atoms with van der Waals surface area (Å²) in [6, 6.07) is 17.5. The molecule has 0 amide bonds. The van der Waals surface area contributed by atoms with E-state index in [-0.39, 0.29) is 5.78 Å². The normalized spacial score (nSPS) is 13.8. The van der Waals surface area contributed by atoms with E-state index in [4.69, 9.17) is 5.26 Å². The van der Waals surface area contributed by atoms with Crippen LogP contribution >= 0.6 is 0 Å². The Balaban J connectivity index is 1.90. The molecule has 0 spiro atoms. The highest BCUT2D eigenvalue weighted by molar-refractivity contribution is 6.03. The summed E-state index contributed by atoms with van der Waals surface area (Å²) in [7, 11) is 0. The molecule has 3 rings (SSSR count). The number of carbonyl (C=O) groups excluding carboxylic acids is 1. The Labute approximate surface area is 118 Å². The van der Waals surface area contributed by atoms with Crippen molar-refractivity contribution in [3.63, 3.8) is 0 Å². The molecule has 2 aromatic carbocycles. The Kier molecular flexibility index (Phi) is 3.22. The van der Waals surface area contributed by atoms with Crippen molar-refractivity contribution in [1.82, 2.24) is 0 Å². The zero-order valence-electron chi connectivity index (χ0n) is 11.0. The minimum atomic E-state index is 0.211. The minimum absolute atomic E-state index is 0.211. The van der Waals surface area contributed by atoms with Crippen LogP contribution in [0.3, 0.4) is 0 Å². The molecule has 0 saturated carbocycles. The maximum Gasteiger partial charge on any atom is 0.166 e. The van der Waals surface area contributed by atoms with E-state index < -0.39 is 0 Å². The molecular weight excluding hydrogens is 248 g/mol. The van der Waals surface area contributed by atoms with Gasteiger partial charge in [-0.3, -0.25) is 4.79 Å². The molecule has 0 N–H and O–H groups in total. The first kappa shape index (κ1) is 12.4. The number of rotatable bonds is 2. The van der Waals surface area contributed by atoms with Gasteiger partial charge in [0.25, 0.3) is 0 Å². The number of carbonyl (C=O) groups is 1. The second-order valence-electron chi connectivity index (χ2n) is 4.92. The van der Waals surface area contributed by atoms with Crippen LogP contribution in [-0.4, -0.2) is 12.3 Å². The van der Waals surface area contributed by atoms with Gasteiger partial charge in [0.2, 0.25) is 0 Å². The van der Waals surface area contributed by atoms with E-state index in [1.807, 2.05) is 42.5 Å². The van der Waals surface area contributed by atoms with Gasteiger partial charge in [-0.15, -0.1) is 0 Å². The lowest BCUT2D eigenvalue weighted by Gasteiger charge is -2.30. The minimum Gasteiger partial charge on any atom is -0.366 e. The fraction of sp³-hybridized carbons (Fsp3) is 0.176. The number of para-hydroxylation sites is 1. The molecule has 1 aliphatic rings. The highest BCUT2D eigenvalue weighted by Gasteiger charge is 2.22. The molecule has 2 aromatic rings. The first-order valence-electron chi connectivity index (χ1n) is 6.64. The van der Waals surface area contributed by atoms with Crippen LogP contribution in [0.15, 0.2) is 48.5 Å². The zero-order valence-corrected chi connectivity index (χ0v) is 11.0. The van der Waals surface area contributed by atoms with E-state index in [0.29, 0.717) is 12.0 Å². The molecule has 1 aliphatic heterocycles. The van der Waals surface area contributed by atoms with Gasteiger partial charge in [0.1, 0.15) is 0 Å². The quantitative estimate of drug-likeness (QED) is 0.835. The van der Waals surface area contributed by atoms with Gasteiger partial charge in [-0.05, 0) is 29.8 Å². The number of fused-ring (bicyclic) bond motifs is 1. The van der Waals surface area contributed by atoms with E-state index in [0.717, 1.165) is 29.9 Å². The summed E-state index contributed by atoms with van der Waals surface area (Å²) in [5, 5.41) is 8.95. The lowest BCUT2D eigenvalue weighted by molar-refractivity contribution is 0.0979. The summed E-state index contributed by atoms with van der Waals surface area (Å²) < 4.78 is 0. The number of benzene rings is 2. The standard InChI is InChI=1S/C17H14N2O/c18-11-13-4-3-5-14(10-13)12-19-9-8-17(20)15-6-1-2-7-16(15)19/h1-7,10H,8-9,12H2. The zero-order chi connectivity index (χ0) is 13.9. The lowest BCUT2D eigenvalue weighted by atomic mass is 9.99.